The highest BCUT2D eigenvalue weighted by Gasteiger charge is 2.22. The summed E-state index contributed by atoms with van der Waals surface area (Å²) >= 11 is 1.76. The molecule has 0 amide bonds. The summed E-state index contributed by atoms with van der Waals surface area (Å²) in [6.07, 6.45) is 6.75. The van der Waals surface area contributed by atoms with Crippen LogP contribution >= 0.6 is 11.3 Å². The lowest BCUT2D eigenvalue weighted by molar-refractivity contribution is 0.281. The van der Waals surface area contributed by atoms with Gasteiger partial charge in [0.2, 0.25) is 0 Å². The molecule has 0 saturated heterocycles. The van der Waals surface area contributed by atoms with Crippen LogP contribution in [0.4, 0.5) is 0 Å². The molecule has 1 aliphatic carbocycles. The van der Waals surface area contributed by atoms with E-state index in [1.165, 1.54) is 23.3 Å². The second-order valence-electron chi connectivity index (χ2n) is 6.69. The fourth-order valence-corrected chi connectivity index (χ4v) is 4.87. The molecule has 24 heavy (non-hydrogen) atoms. The summed E-state index contributed by atoms with van der Waals surface area (Å²) in [6, 6.07) is 0. The topological polar surface area (TPSA) is 38.1 Å². The Bertz CT molecular complexity index is 758. The minimum absolute atomic E-state index is 0.204. The van der Waals surface area contributed by atoms with E-state index in [1.54, 1.807) is 11.3 Å². The fourth-order valence-electron chi connectivity index (χ4n) is 3.60. The highest BCUT2D eigenvalue weighted by molar-refractivity contribution is 7.18. The van der Waals surface area contributed by atoms with Gasteiger partial charge in [0.05, 0.1) is 11.9 Å². The molecule has 2 heterocycles. The predicted molar refractivity (Wildman–Crippen MR) is 102 cm³/mol. The van der Waals surface area contributed by atoms with Crippen molar-refractivity contribution < 1.29 is 0 Å². The van der Waals surface area contributed by atoms with E-state index < -0.39 is 0 Å². The number of aryl methyl sites for hydroxylation is 2. The van der Waals surface area contributed by atoms with Crippen LogP contribution in [0.2, 0.25) is 0 Å². The van der Waals surface area contributed by atoms with Crippen LogP contribution in [0.25, 0.3) is 10.2 Å². The molecule has 0 aromatic carbocycles. The van der Waals surface area contributed by atoms with Gasteiger partial charge in [0.1, 0.15) is 10.7 Å². The van der Waals surface area contributed by atoms with Gasteiger partial charge in [-0.2, -0.15) is 0 Å². The van der Waals surface area contributed by atoms with Gasteiger partial charge in [-0.05, 0) is 50.8 Å². The molecule has 0 radical (unpaired) electrons. The largest absolute Gasteiger partial charge is 0.297 e. The maximum absolute atomic E-state index is 13.3. The molecule has 3 rings (SSSR count). The highest BCUT2D eigenvalue weighted by atomic mass is 32.1. The van der Waals surface area contributed by atoms with Crippen molar-refractivity contribution >= 4 is 21.6 Å². The van der Waals surface area contributed by atoms with E-state index >= 15 is 0 Å². The summed E-state index contributed by atoms with van der Waals surface area (Å²) in [6.45, 7) is 10.0. The third-order valence-corrected chi connectivity index (χ3v) is 6.33. The summed E-state index contributed by atoms with van der Waals surface area (Å²) in [4.78, 5) is 22.9. The Kier molecular flexibility index (Phi) is 5.72. The first-order valence-corrected chi connectivity index (χ1v) is 10.3. The highest BCUT2D eigenvalue weighted by Crippen LogP contribution is 2.33. The summed E-state index contributed by atoms with van der Waals surface area (Å²) in [5, 5.41) is 0.925. The first kappa shape index (κ1) is 17.6. The second-order valence-corrected chi connectivity index (χ2v) is 7.77. The van der Waals surface area contributed by atoms with Crippen LogP contribution in [0.15, 0.2) is 4.79 Å². The van der Waals surface area contributed by atoms with Gasteiger partial charge < -0.3 is 0 Å². The molecular weight excluding hydrogens is 318 g/mol. The Morgan fingerprint density at radius 2 is 1.92 bits per heavy atom. The number of thiophene rings is 1. The monoisotopic (exact) mass is 347 g/mol. The SMILES string of the molecule is CCCCn1c(CN(CC)CC)nc2sc3c(c2c1=O)CCCC3. The summed E-state index contributed by atoms with van der Waals surface area (Å²) in [5.41, 5.74) is 1.51. The quantitative estimate of drug-likeness (QED) is 0.760. The van der Waals surface area contributed by atoms with Crippen LogP contribution in [-0.2, 0) is 25.9 Å². The number of rotatable bonds is 7. The lowest BCUT2D eigenvalue weighted by Gasteiger charge is -2.20. The molecule has 4 nitrogen and oxygen atoms in total. The molecule has 0 atom stereocenters. The molecule has 5 heteroatoms. The van der Waals surface area contributed by atoms with Crippen molar-refractivity contribution in [1.82, 2.24) is 14.5 Å². The van der Waals surface area contributed by atoms with E-state index in [9.17, 15) is 4.79 Å². The van der Waals surface area contributed by atoms with Crippen molar-refractivity contribution in [2.45, 2.75) is 72.4 Å². The molecule has 0 fully saturated rings. The van der Waals surface area contributed by atoms with Crippen molar-refractivity contribution in [3.63, 3.8) is 0 Å². The van der Waals surface area contributed by atoms with Crippen molar-refractivity contribution in [3.05, 3.63) is 26.6 Å². The summed E-state index contributed by atoms with van der Waals surface area (Å²) in [7, 11) is 0. The molecule has 0 unspecified atom stereocenters. The molecule has 0 aliphatic heterocycles. The van der Waals surface area contributed by atoms with Crippen LogP contribution in [0.1, 0.15) is 62.7 Å². The number of unbranched alkanes of at least 4 members (excludes halogenated alkanes) is 1. The zero-order chi connectivity index (χ0) is 17.1. The van der Waals surface area contributed by atoms with Gasteiger partial charge in [0, 0.05) is 11.4 Å². The van der Waals surface area contributed by atoms with Gasteiger partial charge >= 0.3 is 0 Å². The number of nitrogens with zero attached hydrogens (tertiary/aromatic N) is 3. The molecular formula is C19H29N3OS. The molecule has 0 bridgehead atoms. The van der Waals surface area contributed by atoms with Crippen LogP contribution in [0, 0.1) is 0 Å². The maximum atomic E-state index is 13.3. The van der Waals surface area contributed by atoms with Gasteiger partial charge in [0.25, 0.3) is 5.56 Å². The third kappa shape index (κ3) is 3.29. The van der Waals surface area contributed by atoms with Gasteiger partial charge in [-0.3, -0.25) is 14.3 Å². The minimum atomic E-state index is 0.204. The molecule has 1 aliphatic rings. The smallest absolute Gasteiger partial charge is 0.262 e. The summed E-state index contributed by atoms with van der Waals surface area (Å²) in [5.74, 6) is 0.947. The Balaban J connectivity index is 2.13. The van der Waals surface area contributed by atoms with E-state index in [0.29, 0.717) is 0 Å². The van der Waals surface area contributed by atoms with Crippen molar-refractivity contribution in [2.24, 2.45) is 0 Å². The fraction of sp³-hybridized carbons (Fsp3) is 0.684. The minimum Gasteiger partial charge on any atom is -0.297 e. The molecule has 2 aromatic heterocycles. The van der Waals surface area contributed by atoms with E-state index in [4.69, 9.17) is 4.98 Å². The Labute approximate surface area is 148 Å². The Hall–Kier alpha value is -1.20. The first-order valence-electron chi connectivity index (χ1n) is 9.45. The number of hydrogen-bond acceptors (Lipinski definition) is 4. The van der Waals surface area contributed by atoms with Crippen molar-refractivity contribution in [3.8, 4) is 0 Å². The van der Waals surface area contributed by atoms with Crippen LogP contribution < -0.4 is 5.56 Å². The maximum Gasteiger partial charge on any atom is 0.262 e. The normalized spacial score (nSPS) is 14.5. The van der Waals surface area contributed by atoms with Gasteiger partial charge in [-0.25, -0.2) is 4.98 Å². The van der Waals surface area contributed by atoms with Crippen LogP contribution in [0.5, 0.6) is 0 Å². The Morgan fingerprint density at radius 1 is 1.17 bits per heavy atom. The first-order chi connectivity index (χ1) is 11.7. The Morgan fingerprint density at radius 3 is 2.62 bits per heavy atom. The molecule has 0 N–H and O–H groups in total. The van der Waals surface area contributed by atoms with Gasteiger partial charge in [0.15, 0.2) is 0 Å². The zero-order valence-corrected chi connectivity index (χ0v) is 16.0. The van der Waals surface area contributed by atoms with Crippen molar-refractivity contribution in [2.75, 3.05) is 13.1 Å². The molecule has 0 spiro atoms. The number of hydrogen-bond donors (Lipinski definition) is 0. The zero-order valence-electron chi connectivity index (χ0n) is 15.2. The summed E-state index contributed by atoms with van der Waals surface area (Å²) < 4.78 is 1.96. The number of aromatic nitrogens is 2. The van der Waals surface area contributed by atoms with Gasteiger partial charge in [-0.15, -0.1) is 11.3 Å². The standard InChI is InChI=1S/C19H29N3OS/c1-4-7-12-22-16(13-21(5-2)6-3)20-18-17(19(22)23)14-10-8-9-11-15(14)24-18/h4-13H2,1-3H3. The van der Waals surface area contributed by atoms with Crippen molar-refractivity contribution in [1.29, 1.82) is 0 Å². The van der Waals surface area contributed by atoms with Crippen LogP contribution in [0.3, 0.4) is 0 Å². The van der Waals surface area contributed by atoms with E-state index in [0.717, 1.165) is 67.9 Å². The number of fused-ring (bicyclic) bond motifs is 3. The van der Waals surface area contributed by atoms with Crippen LogP contribution in [-0.4, -0.2) is 27.5 Å². The average Bonchev–Trinajstić information content (AvgIpc) is 2.97. The third-order valence-electron chi connectivity index (χ3n) is 5.15. The van der Waals surface area contributed by atoms with Gasteiger partial charge in [-0.1, -0.05) is 27.2 Å². The van der Waals surface area contributed by atoms with E-state index in [1.807, 2.05) is 4.57 Å². The molecule has 0 saturated carbocycles. The lowest BCUT2D eigenvalue weighted by Crippen LogP contribution is -2.31. The van der Waals surface area contributed by atoms with E-state index in [2.05, 4.69) is 25.7 Å². The second kappa shape index (κ2) is 7.79. The average molecular weight is 348 g/mol. The molecule has 2 aromatic rings. The van der Waals surface area contributed by atoms with E-state index in [-0.39, 0.29) is 5.56 Å². The molecule has 132 valence electrons. The lowest BCUT2D eigenvalue weighted by atomic mass is 9.97. The predicted octanol–water partition coefficient (Wildman–Crippen LogP) is 3.98.